The average Bonchev–Trinajstić information content (AvgIpc) is 2.66. The first-order valence-electron chi connectivity index (χ1n) is 9.25. The minimum Gasteiger partial charge on any atom is -0.423 e. The van der Waals surface area contributed by atoms with Crippen molar-refractivity contribution in [2.24, 2.45) is 0 Å². The minimum absolute atomic E-state index is 0.175. The van der Waals surface area contributed by atoms with Crippen molar-refractivity contribution in [3.63, 3.8) is 0 Å². The van der Waals surface area contributed by atoms with E-state index in [9.17, 15) is 9.59 Å². The summed E-state index contributed by atoms with van der Waals surface area (Å²) in [6.07, 6.45) is 0. The van der Waals surface area contributed by atoms with Crippen LogP contribution in [0, 0.1) is 13.8 Å². The van der Waals surface area contributed by atoms with Gasteiger partial charge in [0.1, 0.15) is 5.58 Å². The molecule has 0 aliphatic heterocycles. The summed E-state index contributed by atoms with van der Waals surface area (Å²) in [6.45, 7) is 5.59. The molecular weight excluding hydrogens is 384 g/mol. The fraction of sp³-hybridized carbons (Fsp3) is 0.174. The van der Waals surface area contributed by atoms with E-state index in [1.807, 2.05) is 12.1 Å². The van der Waals surface area contributed by atoms with Crippen LogP contribution in [0.2, 0.25) is 0 Å². The summed E-state index contributed by atoms with van der Waals surface area (Å²) in [7, 11) is 0. The van der Waals surface area contributed by atoms with Crippen LogP contribution in [0.1, 0.15) is 23.6 Å². The van der Waals surface area contributed by atoms with Crippen molar-refractivity contribution in [1.29, 1.82) is 0 Å². The zero-order valence-electron chi connectivity index (χ0n) is 16.4. The number of anilines is 1. The topological polar surface area (TPSA) is 72.2 Å². The van der Waals surface area contributed by atoms with Gasteiger partial charge in [0.15, 0.2) is 0 Å². The minimum atomic E-state index is -0.411. The Labute approximate surface area is 172 Å². The van der Waals surface area contributed by atoms with Crippen LogP contribution >= 0.6 is 11.8 Å². The highest BCUT2D eigenvalue weighted by molar-refractivity contribution is 7.98. The lowest BCUT2D eigenvalue weighted by molar-refractivity contribution is -0.114. The molecule has 0 radical (unpaired) electrons. The first-order valence-corrected chi connectivity index (χ1v) is 10.2. The van der Waals surface area contributed by atoms with E-state index in [1.54, 1.807) is 23.9 Å². The number of nitrogens with one attached hydrogen (secondary N) is 1. The summed E-state index contributed by atoms with van der Waals surface area (Å²) in [4.78, 5) is 28.1. The van der Waals surface area contributed by atoms with E-state index in [1.165, 1.54) is 18.6 Å². The smallest absolute Gasteiger partial charge is 0.336 e. The van der Waals surface area contributed by atoms with Gasteiger partial charge in [0.2, 0.25) is 5.91 Å². The fourth-order valence-electron chi connectivity index (χ4n) is 3.39. The zero-order valence-corrected chi connectivity index (χ0v) is 17.2. The monoisotopic (exact) mass is 404 g/mol. The largest absolute Gasteiger partial charge is 0.423 e. The molecule has 0 saturated carbocycles. The number of aromatic nitrogens is 1. The third-order valence-electron chi connectivity index (χ3n) is 4.75. The van der Waals surface area contributed by atoms with Gasteiger partial charge >= 0.3 is 5.63 Å². The van der Waals surface area contributed by atoms with Crippen LogP contribution < -0.4 is 10.9 Å². The lowest BCUT2D eigenvalue weighted by atomic mass is 10.1. The van der Waals surface area contributed by atoms with Crippen LogP contribution in [0.25, 0.3) is 21.9 Å². The van der Waals surface area contributed by atoms with Crippen LogP contribution in [0.4, 0.5) is 5.69 Å². The number of hydrogen-bond donors (Lipinski definition) is 1. The van der Waals surface area contributed by atoms with Gasteiger partial charge < -0.3 is 9.73 Å². The Morgan fingerprint density at radius 2 is 1.90 bits per heavy atom. The van der Waals surface area contributed by atoms with Gasteiger partial charge in [0.25, 0.3) is 0 Å². The average molecular weight is 404 g/mol. The molecule has 1 amide bonds. The normalized spacial score (nSPS) is 11.1. The summed E-state index contributed by atoms with van der Waals surface area (Å²) in [5, 5.41) is 5.63. The molecule has 0 saturated heterocycles. The Morgan fingerprint density at radius 1 is 1.07 bits per heavy atom. The van der Waals surface area contributed by atoms with Crippen LogP contribution in [0.3, 0.4) is 0 Å². The number of thioether (sulfide) groups is 1. The van der Waals surface area contributed by atoms with E-state index in [2.05, 4.69) is 37.4 Å². The van der Waals surface area contributed by atoms with Crippen LogP contribution in [0.5, 0.6) is 0 Å². The molecule has 0 unspecified atom stereocenters. The molecule has 146 valence electrons. The Kier molecular flexibility index (Phi) is 5.11. The van der Waals surface area contributed by atoms with Gasteiger partial charge in [-0.05, 0) is 48.7 Å². The second-order valence-electron chi connectivity index (χ2n) is 7.02. The van der Waals surface area contributed by atoms with Crippen molar-refractivity contribution in [3.05, 3.63) is 75.6 Å². The standard InChI is InChI=1S/C23H20N2O3S/c1-13-5-4-6-18-14(2)9-21(25-23(13)18)29-12-16-10-22(27)28-20-11-17(24-15(3)26)7-8-19(16)20/h4-11H,12H2,1-3H3,(H,24,26). The van der Waals surface area contributed by atoms with Gasteiger partial charge in [-0.3, -0.25) is 4.79 Å². The Morgan fingerprint density at radius 3 is 2.69 bits per heavy atom. The second-order valence-corrected chi connectivity index (χ2v) is 8.02. The molecule has 2 heterocycles. The molecule has 0 aliphatic rings. The quantitative estimate of drug-likeness (QED) is 0.373. The summed E-state index contributed by atoms with van der Waals surface area (Å²) in [6, 6.07) is 15.1. The number of para-hydroxylation sites is 1. The maximum Gasteiger partial charge on any atom is 0.336 e. The number of amides is 1. The molecule has 0 bridgehead atoms. The molecule has 0 aliphatic carbocycles. The zero-order chi connectivity index (χ0) is 20.5. The number of hydrogen-bond acceptors (Lipinski definition) is 5. The van der Waals surface area contributed by atoms with Crippen LogP contribution in [-0.4, -0.2) is 10.9 Å². The lowest BCUT2D eigenvalue weighted by Crippen LogP contribution is -2.06. The van der Waals surface area contributed by atoms with Gasteiger partial charge in [-0.15, -0.1) is 11.8 Å². The number of rotatable bonds is 4. The van der Waals surface area contributed by atoms with Gasteiger partial charge in [-0.2, -0.15) is 0 Å². The number of benzene rings is 2. The number of nitrogens with zero attached hydrogens (tertiary/aromatic N) is 1. The number of aryl methyl sites for hydroxylation is 2. The SMILES string of the molecule is CC(=O)Nc1ccc2c(CSc3cc(C)c4cccc(C)c4n3)cc(=O)oc2c1. The van der Waals surface area contributed by atoms with Gasteiger partial charge in [-0.1, -0.05) is 18.2 Å². The number of carbonyl (C=O) groups is 1. The van der Waals surface area contributed by atoms with Gasteiger partial charge in [0.05, 0.1) is 10.5 Å². The third kappa shape index (κ3) is 4.03. The van der Waals surface area contributed by atoms with Crippen molar-refractivity contribution in [1.82, 2.24) is 4.98 Å². The van der Waals surface area contributed by atoms with Crippen molar-refractivity contribution < 1.29 is 9.21 Å². The summed E-state index contributed by atoms with van der Waals surface area (Å²) in [5.41, 5.74) is 4.85. The molecule has 4 aromatic rings. The number of pyridine rings is 1. The summed E-state index contributed by atoms with van der Waals surface area (Å²) >= 11 is 1.59. The predicted molar refractivity (Wildman–Crippen MR) is 118 cm³/mol. The second kappa shape index (κ2) is 7.72. The predicted octanol–water partition coefficient (Wildman–Crippen LogP) is 5.21. The fourth-order valence-corrected chi connectivity index (χ4v) is 4.35. The van der Waals surface area contributed by atoms with Gasteiger partial charge in [0, 0.05) is 41.3 Å². The highest BCUT2D eigenvalue weighted by Gasteiger charge is 2.10. The Hall–Kier alpha value is -3.12. The molecule has 5 nitrogen and oxygen atoms in total. The van der Waals surface area contributed by atoms with E-state index >= 15 is 0 Å². The molecule has 0 fully saturated rings. The van der Waals surface area contributed by atoms with Crippen molar-refractivity contribution in [3.8, 4) is 0 Å². The highest BCUT2D eigenvalue weighted by atomic mass is 32.2. The van der Waals surface area contributed by atoms with E-state index in [0.29, 0.717) is 17.0 Å². The van der Waals surface area contributed by atoms with Gasteiger partial charge in [-0.25, -0.2) is 9.78 Å². The molecule has 2 aromatic heterocycles. The van der Waals surface area contributed by atoms with Crippen LogP contribution in [-0.2, 0) is 10.5 Å². The maximum absolute atomic E-state index is 12.0. The maximum atomic E-state index is 12.0. The first kappa shape index (κ1) is 19.2. The molecule has 2 aromatic carbocycles. The summed E-state index contributed by atoms with van der Waals surface area (Å²) in [5.74, 6) is 0.414. The van der Waals surface area contributed by atoms with Crippen molar-refractivity contribution >= 4 is 45.2 Å². The first-order chi connectivity index (χ1) is 13.9. The Balaban J connectivity index is 1.68. The third-order valence-corrected chi connectivity index (χ3v) is 5.71. The van der Waals surface area contributed by atoms with Crippen LogP contribution in [0.15, 0.2) is 62.8 Å². The van der Waals surface area contributed by atoms with E-state index in [-0.39, 0.29) is 5.91 Å². The highest BCUT2D eigenvalue weighted by Crippen LogP contribution is 2.30. The Bertz CT molecular complexity index is 1310. The van der Waals surface area contributed by atoms with E-state index < -0.39 is 5.63 Å². The lowest BCUT2D eigenvalue weighted by Gasteiger charge is -2.10. The number of fused-ring (bicyclic) bond motifs is 2. The van der Waals surface area contributed by atoms with Crippen molar-refractivity contribution in [2.45, 2.75) is 31.6 Å². The van der Waals surface area contributed by atoms with E-state index in [4.69, 9.17) is 9.40 Å². The molecule has 6 heteroatoms. The van der Waals surface area contributed by atoms with Crippen molar-refractivity contribution in [2.75, 3.05) is 5.32 Å². The molecule has 0 atom stereocenters. The summed E-state index contributed by atoms with van der Waals surface area (Å²) < 4.78 is 5.34. The number of carbonyl (C=O) groups excluding carboxylic acids is 1. The molecule has 1 N–H and O–H groups in total. The molecule has 0 spiro atoms. The molecule has 4 rings (SSSR count). The molecule has 29 heavy (non-hydrogen) atoms. The molecular formula is C23H20N2O3S. The van der Waals surface area contributed by atoms with E-state index in [0.717, 1.165) is 32.4 Å².